The van der Waals surface area contributed by atoms with E-state index in [0.29, 0.717) is 26.4 Å². The lowest BCUT2D eigenvalue weighted by Crippen LogP contribution is -2.11. The lowest BCUT2D eigenvalue weighted by molar-refractivity contribution is 0.0542. The highest BCUT2D eigenvalue weighted by Crippen LogP contribution is 2.23. The van der Waals surface area contributed by atoms with E-state index in [4.69, 9.17) is 14.2 Å². The average molecular weight is 239 g/mol. The fourth-order valence-corrected chi connectivity index (χ4v) is 1.48. The molecule has 0 fully saturated rings. The molecule has 4 heteroatoms. The van der Waals surface area contributed by atoms with E-state index in [1.54, 1.807) is 7.11 Å². The second-order valence-electron chi connectivity index (χ2n) is 3.93. The number of aromatic nitrogens is 1. The van der Waals surface area contributed by atoms with E-state index in [-0.39, 0.29) is 0 Å². The van der Waals surface area contributed by atoms with Crippen molar-refractivity contribution in [3.63, 3.8) is 0 Å². The van der Waals surface area contributed by atoms with Gasteiger partial charge in [-0.2, -0.15) is 0 Å². The van der Waals surface area contributed by atoms with Crippen LogP contribution in [-0.4, -0.2) is 38.5 Å². The van der Waals surface area contributed by atoms with Crippen LogP contribution < -0.4 is 4.74 Å². The second kappa shape index (κ2) is 7.25. The molecule has 0 saturated heterocycles. The molecule has 0 unspecified atom stereocenters. The predicted octanol–water partition coefficient (Wildman–Crippen LogP) is 2.05. The standard InChI is InChI=1S/C13H21NO3/c1-10-9-14-12(3)11(2)13(10)17-8-7-16-6-5-15-4/h9H,5-8H2,1-4H3. The summed E-state index contributed by atoms with van der Waals surface area (Å²) in [4.78, 5) is 4.28. The molecule has 0 aromatic carbocycles. The molecule has 0 aliphatic carbocycles. The number of hydrogen-bond donors (Lipinski definition) is 0. The Morgan fingerprint density at radius 1 is 1.06 bits per heavy atom. The zero-order valence-electron chi connectivity index (χ0n) is 11.1. The van der Waals surface area contributed by atoms with Crippen LogP contribution in [0, 0.1) is 20.8 Å². The molecule has 4 nitrogen and oxygen atoms in total. The van der Waals surface area contributed by atoms with E-state index in [2.05, 4.69) is 4.98 Å². The summed E-state index contributed by atoms with van der Waals surface area (Å²) < 4.78 is 15.9. The van der Waals surface area contributed by atoms with E-state index >= 15 is 0 Å². The van der Waals surface area contributed by atoms with Crippen LogP contribution >= 0.6 is 0 Å². The Bertz CT molecular complexity index is 353. The second-order valence-corrected chi connectivity index (χ2v) is 3.93. The third-order valence-corrected chi connectivity index (χ3v) is 2.60. The molecule has 1 heterocycles. The summed E-state index contributed by atoms with van der Waals surface area (Å²) in [6, 6.07) is 0. The van der Waals surface area contributed by atoms with Crippen LogP contribution in [0.2, 0.25) is 0 Å². The van der Waals surface area contributed by atoms with Crippen molar-refractivity contribution < 1.29 is 14.2 Å². The number of methoxy groups -OCH3 is 1. The van der Waals surface area contributed by atoms with Crippen LogP contribution in [0.15, 0.2) is 6.20 Å². The minimum absolute atomic E-state index is 0.550. The Morgan fingerprint density at radius 3 is 2.47 bits per heavy atom. The Kier molecular flexibility index (Phi) is 5.94. The van der Waals surface area contributed by atoms with Crippen molar-refractivity contribution in [2.75, 3.05) is 33.5 Å². The fourth-order valence-electron chi connectivity index (χ4n) is 1.48. The topological polar surface area (TPSA) is 40.6 Å². The third-order valence-electron chi connectivity index (χ3n) is 2.60. The van der Waals surface area contributed by atoms with E-state index in [0.717, 1.165) is 22.6 Å². The third kappa shape index (κ3) is 4.32. The molecule has 0 atom stereocenters. The van der Waals surface area contributed by atoms with Gasteiger partial charge in [0.25, 0.3) is 0 Å². The smallest absolute Gasteiger partial charge is 0.128 e. The molecule has 0 saturated carbocycles. The first-order chi connectivity index (χ1) is 8.16. The Labute approximate surface area is 103 Å². The van der Waals surface area contributed by atoms with Crippen molar-refractivity contribution in [3.8, 4) is 5.75 Å². The Hall–Kier alpha value is -1.13. The fraction of sp³-hybridized carbons (Fsp3) is 0.615. The van der Waals surface area contributed by atoms with Gasteiger partial charge in [0.05, 0.1) is 19.8 Å². The number of hydrogen-bond acceptors (Lipinski definition) is 4. The van der Waals surface area contributed by atoms with E-state index < -0.39 is 0 Å². The molecule has 0 radical (unpaired) electrons. The SMILES string of the molecule is COCCOCCOc1c(C)cnc(C)c1C. The molecular formula is C13H21NO3. The Morgan fingerprint density at radius 2 is 1.76 bits per heavy atom. The van der Waals surface area contributed by atoms with Gasteiger partial charge in [-0.05, 0) is 20.8 Å². The van der Waals surface area contributed by atoms with Crippen molar-refractivity contribution in [1.29, 1.82) is 0 Å². The largest absolute Gasteiger partial charge is 0.491 e. The van der Waals surface area contributed by atoms with Gasteiger partial charge in [0.15, 0.2) is 0 Å². The highest BCUT2D eigenvalue weighted by Gasteiger charge is 2.06. The van der Waals surface area contributed by atoms with Crippen LogP contribution in [0.1, 0.15) is 16.8 Å². The van der Waals surface area contributed by atoms with Gasteiger partial charge in [0.1, 0.15) is 12.4 Å². The number of aryl methyl sites for hydroxylation is 2. The lowest BCUT2D eigenvalue weighted by atomic mass is 10.1. The molecule has 1 aromatic rings. The highest BCUT2D eigenvalue weighted by molar-refractivity contribution is 5.40. The predicted molar refractivity (Wildman–Crippen MR) is 66.6 cm³/mol. The monoisotopic (exact) mass is 239 g/mol. The minimum atomic E-state index is 0.550. The van der Waals surface area contributed by atoms with Gasteiger partial charge in [-0.3, -0.25) is 4.98 Å². The quantitative estimate of drug-likeness (QED) is 0.683. The van der Waals surface area contributed by atoms with Crippen molar-refractivity contribution in [2.45, 2.75) is 20.8 Å². The van der Waals surface area contributed by atoms with Crippen molar-refractivity contribution in [1.82, 2.24) is 4.98 Å². The van der Waals surface area contributed by atoms with Crippen molar-refractivity contribution >= 4 is 0 Å². The molecule has 17 heavy (non-hydrogen) atoms. The summed E-state index contributed by atoms with van der Waals surface area (Å²) in [5, 5.41) is 0. The summed E-state index contributed by atoms with van der Waals surface area (Å²) in [6.07, 6.45) is 1.84. The first kappa shape index (κ1) is 13.9. The molecule has 0 bridgehead atoms. The number of pyridine rings is 1. The zero-order chi connectivity index (χ0) is 12.7. The van der Waals surface area contributed by atoms with Gasteiger partial charge >= 0.3 is 0 Å². The maximum atomic E-state index is 5.72. The molecule has 0 aliphatic heterocycles. The number of ether oxygens (including phenoxy) is 3. The highest BCUT2D eigenvalue weighted by atomic mass is 16.5. The number of nitrogens with zero attached hydrogens (tertiary/aromatic N) is 1. The molecule has 1 rings (SSSR count). The van der Waals surface area contributed by atoms with Gasteiger partial charge in [-0.25, -0.2) is 0 Å². The van der Waals surface area contributed by atoms with Crippen LogP contribution in [0.5, 0.6) is 5.75 Å². The lowest BCUT2D eigenvalue weighted by Gasteiger charge is -2.13. The summed E-state index contributed by atoms with van der Waals surface area (Å²) in [7, 11) is 1.66. The van der Waals surface area contributed by atoms with Gasteiger partial charge in [-0.15, -0.1) is 0 Å². The molecule has 1 aromatic heterocycles. The molecular weight excluding hydrogens is 218 g/mol. The van der Waals surface area contributed by atoms with Crippen molar-refractivity contribution in [3.05, 3.63) is 23.0 Å². The molecule has 0 spiro atoms. The van der Waals surface area contributed by atoms with E-state index in [1.807, 2.05) is 27.0 Å². The Balaban J connectivity index is 2.39. The summed E-state index contributed by atoms with van der Waals surface area (Å²) in [6.45, 7) is 8.35. The maximum absolute atomic E-state index is 5.72. The van der Waals surface area contributed by atoms with Crippen molar-refractivity contribution in [2.24, 2.45) is 0 Å². The van der Waals surface area contributed by atoms with Gasteiger partial charge in [0.2, 0.25) is 0 Å². The maximum Gasteiger partial charge on any atom is 0.128 e. The van der Waals surface area contributed by atoms with Gasteiger partial charge in [0, 0.05) is 30.1 Å². The zero-order valence-corrected chi connectivity index (χ0v) is 11.1. The van der Waals surface area contributed by atoms with E-state index in [9.17, 15) is 0 Å². The first-order valence-electron chi connectivity index (χ1n) is 5.79. The average Bonchev–Trinajstić information content (AvgIpc) is 2.32. The molecule has 0 aliphatic rings. The van der Waals surface area contributed by atoms with Crippen LogP contribution in [0.3, 0.4) is 0 Å². The minimum Gasteiger partial charge on any atom is -0.491 e. The van der Waals surface area contributed by atoms with E-state index in [1.165, 1.54) is 0 Å². The summed E-state index contributed by atoms with van der Waals surface area (Å²) in [5.41, 5.74) is 3.16. The molecule has 0 amide bonds. The molecule has 96 valence electrons. The van der Waals surface area contributed by atoms with Crippen LogP contribution in [-0.2, 0) is 9.47 Å². The number of rotatable bonds is 7. The van der Waals surface area contributed by atoms with Crippen LogP contribution in [0.25, 0.3) is 0 Å². The summed E-state index contributed by atoms with van der Waals surface area (Å²) >= 11 is 0. The first-order valence-corrected chi connectivity index (χ1v) is 5.79. The summed E-state index contributed by atoms with van der Waals surface area (Å²) in [5.74, 6) is 0.924. The van der Waals surface area contributed by atoms with Gasteiger partial charge in [-0.1, -0.05) is 0 Å². The molecule has 0 N–H and O–H groups in total. The normalized spacial score (nSPS) is 10.6. The van der Waals surface area contributed by atoms with Crippen LogP contribution in [0.4, 0.5) is 0 Å². The van der Waals surface area contributed by atoms with Gasteiger partial charge < -0.3 is 14.2 Å².